The van der Waals surface area contributed by atoms with Crippen molar-refractivity contribution in [3.05, 3.63) is 24.3 Å². The van der Waals surface area contributed by atoms with E-state index in [-0.39, 0.29) is 18.7 Å². The Kier molecular flexibility index (Phi) is 5.06. The van der Waals surface area contributed by atoms with Crippen LogP contribution < -0.4 is 10.1 Å². The second kappa shape index (κ2) is 7.21. The summed E-state index contributed by atoms with van der Waals surface area (Å²) in [5, 5.41) is 12.4. The van der Waals surface area contributed by atoms with Crippen molar-refractivity contribution in [2.45, 2.75) is 51.2 Å². The third-order valence-electron chi connectivity index (χ3n) is 5.04. The monoisotopic (exact) mass is 318 g/mol. The summed E-state index contributed by atoms with van der Waals surface area (Å²) >= 11 is 0. The van der Waals surface area contributed by atoms with E-state index in [2.05, 4.69) is 12.2 Å². The zero-order chi connectivity index (χ0) is 16.2. The van der Waals surface area contributed by atoms with Gasteiger partial charge in [-0.2, -0.15) is 0 Å². The van der Waals surface area contributed by atoms with Crippen LogP contribution in [0.25, 0.3) is 0 Å². The molecule has 0 spiro atoms. The van der Waals surface area contributed by atoms with Gasteiger partial charge >= 0.3 is 6.03 Å². The van der Waals surface area contributed by atoms with Crippen molar-refractivity contribution in [2.24, 2.45) is 5.92 Å². The number of nitrogens with zero attached hydrogens (tertiary/aromatic N) is 1. The molecule has 1 aliphatic heterocycles. The fourth-order valence-electron chi connectivity index (χ4n) is 3.55. The Labute approximate surface area is 137 Å². The highest BCUT2D eigenvalue weighted by Crippen LogP contribution is 2.26. The van der Waals surface area contributed by atoms with Crippen LogP contribution in [0.15, 0.2) is 24.3 Å². The maximum atomic E-state index is 12.4. The molecule has 2 atom stereocenters. The van der Waals surface area contributed by atoms with E-state index < -0.39 is 0 Å². The largest absolute Gasteiger partial charge is 0.490 e. The molecule has 0 bridgehead atoms. The Bertz CT molecular complexity index is 526. The van der Waals surface area contributed by atoms with E-state index in [1.54, 1.807) is 4.90 Å². The van der Waals surface area contributed by atoms with Crippen molar-refractivity contribution in [1.82, 2.24) is 4.90 Å². The van der Waals surface area contributed by atoms with Gasteiger partial charge < -0.3 is 20.1 Å². The number of anilines is 1. The van der Waals surface area contributed by atoms with Crippen LogP contribution in [0.4, 0.5) is 10.5 Å². The number of carbonyl (C=O) groups excluding carboxylic acids is 1. The Balaban J connectivity index is 1.56. The van der Waals surface area contributed by atoms with Crippen LogP contribution in [0, 0.1) is 5.92 Å². The number of amides is 2. The number of aliphatic hydroxyl groups is 1. The highest BCUT2D eigenvalue weighted by Gasteiger charge is 2.33. The molecule has 0 radical (unpaired) electrons. The standard InChI is InChI=1S/C18H26N2O3/c1-13-10-11-20(17(13)12-21)18(22)19-14-6-8-16(9-7-14)23-15-4-2-3-5-15/h6-9,13,15,17,21H,2-5,10-12H2,1H3,(H,19,22). The number of rotatable bonds is 4. The molecule has 2 unspecified atom stereocenters. The lowest BCUT2D eigenvalue weighted by molar-refractivity contribution is 0.152. The van der Waals surface area contributed by atoms with Gasteiger partial charge in [-0.25, -0.2) is 4.79 Å². The first-order valence-corrected chi connectivity index (χ1v) is 8.62. The minimum absolute atomic E-state index is 0.0166. The number of ether oxygens (including phenoxy) is 1. The molecule has 2 aliphatic rings. The van der Waals surface area contributed by atoms with Crippen molar-refractivity contribution >= 4 is 11.7 Å². The van der Waals surface area contributed by atoms with E-state index in [1.165, 1.54) is 12.8 Å². The molecule has 2 amide bonds. The molecule has 1 aromatic carbocycles. The zero-order valence-electron chi connectivity index (χ0n) is 13.7. The van der Waals surface area contributed by atoms with Gasteiger partial charge in [-0.1, -0.05) is 6.92 Å². The van der Waals surface area contributed by atoms with E-state index in [0.717, 1.165) is 30.7 Å². The molecule has 1 aromatic rings. The number of aliphatic hydroxyl groups excluding tert-OH is 1. The van der Waals surface area contributed by atoms with Gasteiger partial charge in [-0.3, -0.25) is 0 Å². The van der Waals surface area contributed by atoms with Crippen molar-refractivity contribution in [2.75, 3.05) is 18.5 Å². The first-order chi connectivity index (χ1) is 11.2. The predicted octanol–water partition coefficient (Wildman–Crippen LogP) is 3.24. The molecule has 23 heavy (non-hydrogen) atoms. The maximum Gasteiger partial charge on any atom is 0.322 e. The van der Waals surface area contributed by atoms with Crippen molar-refractivity contribution < 1.29 is 14.6 Å². The summed E-state index contributed by atoms with van der Waals surface area (Å²) in [6.07, 6.45) is 6.04. The van der Waals surface area contributed by atoms with E-state index in [4.69, 9.17) is 4.74 Å². The lowest BCUT2D eigenvalue weighted by Gasteiger charge is -2.25. The molecule has 1 saturated heterocycles. The molecule has 5 nitrogen and oxygen atoms in total. The second-order valence-corrected chi connectivity index (χ2v) is 6.69. The van der Waals surface area contributed by atoms with Crippen LogP contribution >= 0.6 is 0 Å². The van der Waals surface area contributed by atoms with Gasteiger partial charge in [0.15, 0.2) is 0 Å². The minimum atomic E-state index is -0.141. The quantitative estimate of drug-likeness (QED) is 0.896. The Hall–Kier alpha value is -1.75. The van der Waals surface area contributed by atoms with Gasteiger partial charge in [-0.15, -0.1) is 0 Å². The number of benzene rings is 1. The fraction of sp³-hybridized carbons (Fsp3) is 0.611. The molecule has 1 saturated carbocycles. The van der Waals surface area contributed by atoms with Gasteiger partial charge in [0.2, 0.25) is 0 Å². The molecule has 5 heteroatoms. The van der Waals surface area contributed by atoms with Gasteiger partial charge in [0, 0.05) is 12.2 Å². The van der Waals surface area contributed by atoms with Crippen molar-refractivity contribution in [3.8, 4) is 5.75 Å². The molecule has 1 aliphatic carbocycles. The van der Waals surface area contributed by atoms with E-state index >= 15 is 0 Å². The van der Waals surface area contributed by atoms with Crippen molar-refractivity contribution in [3.63, 3.8) is 0 Å². The summed E-state index contributed by atoms with van der Waals surface area (Å²) < 4.78 is 5.93. The van der Waals surface area contributed by atoms with Gasteiger partial charge in [0.1, 0.15) is 5.75 Å². The van der Waals surface area contributed by atoms with Crippen molar-refractivity contribution in [1.29, 1.82) is 0 Å². The molecular formula is C18H26N2O3. The summed E-state index contributed by atoms with van der Waals surface area (Å²) in [6, 6.07) is 7.33. The van der Waals surface area contributed by atoms with E-state index in [9.17, 15) is 9.90 Å². The van der Waals surface area contributed by atoms with Crippen LogP contribution in [0.1, 0.15) is 39.0 Å². The normalized spacial score (nSPS) is 24.9. The van der Waals surface area contributed by atoms with Crippen LogP contribution in [0.5, 0.6) is 5.75 Å². The highest BCUT2D eigenvalue weighted by molar-refractivity contribution is 5.89. The molecule has 126 valence electrons. The third-order valence-corrected chi connectivity index (χ3v) is 5.04. The van der Waals surface area contributed by atoms with Gasteiger partial charge in [0.25, 0.3) is 0 Å². The molecule has 2 N–H and O–H groups in total. The number of hydrogen-bond donors (Lipinski definition) is 2. The SMILES string of the molecule is CC1CCN(C(=O)Nc2ccc(OC3CCCC3)cc2)C1CO. The summed E-state index contributed by atoms with van der Waals surface area (Å²) in [4.78, 5) is 14.1. The Morgan fingerprint density at radius 1 is 1.26 bits per heavy atom. The summed E-state index contributed by atoms with van der Waals surface area (Å²) in [7, 11) is 0. The second-order valence-electron chi connectivity index (χ2n) is 6.69. The average Bonchev–Trinajstić information content (AvgIpc) is 3.18. The molecule has 2 fully saturated rings. The zero-order valence-corrected chi connectivity index (χ0v) is 13.7. The number of hydrogen-bond acceptors (Lipinski definition) is 3. The number of carbonyl (C=O) groups is 1. The topological polar surface area (TPSA) is 61.8 Å². The van der Waals surface area contributed by atoms with Gasteiger partial charge in [0.05, 0.1) is 18.8 Å². The molecular weight excluding hydrogens is 292 g/mol. The third kappa shape index (κ3) is 3.78. The fourth-order valence-corrected chi connectivity index (χ4v) is 3.55. The molecule has 0 aromatic heterocycles. The lowest BCUT2D eigenvalue weighted by Crippen LogP contribution is -2.42. The first kappa shape index (κ1) is 16.1. The minimum Gasteiger partial charge on any atom is -0.490 e. The maximum absolute atomic E-state index is 12.4. The van der Waals surface area contributed by atoms with Crippen LogP contribution in [-0.4, -0.2) is 41.3 Å². The predicted molar refractivity (Wildman–Crippen MR) is 89.7 cm³/mol. The average molecular weight is 318 g/mol. The summed E-state index contributed by atoms with van der Waals surface area (Å²) in [5.74, 6) is 1.20. The first-order valence-electron chi connectivity index (χ1n) is 8.62. The Morgan fingerprint density at radius 2 is 1.96 bits per heavy atom. The summed E-state index contributed by atoms with van der Waals surface area (Å²) in [5.41, 5.74) is 0.755. The number of urea groups is 1. The molecule has 3 rings (SSSR count). The highest BCUT2D eigenvalue weighted by atomic mass is 16.5. The van der Waals surface area contributed by atoms with Crippen LogP contribution in [-0.2, 0) is 0 Å². The Morgan fingerprint density at radius 3 is 2.61 bits per heavy atom. The number of likely N-dealkylation sites (tertiary alicyclic amines) is 1. The summed E-state index contributed by atoms with van der Waals surface area (Å²) in [6.45, 7) is 2.78. The molecule has 1 heterocycles. The van der Waals surface area contributed by atoms with E-state index in [1.807, 2.05) is 24.3 Å². The number of nitrogens with one attached hydrogen (secondary N) is 1. The lowest BCUT2D eigenvalue weighted by atomic mass is 10.0. The van der Waals surface area contributed by atoms with Crippen LogP contribution in [0.2, 0.25) is 0 Å². The van der Waals surface area contributed by atoms with E-state index in [0.29, 0.717) is 18.6 Å². The smallest absolute Gasteiger partial charge is 0.322 e. The van der Waals surface area contributed by atoms with Gasteiger partial charge in [-0.05, 0) is 62.3 Å². The van der Waals surface area contributed by atoms with Crippen LogP contribution in [0.3, 0.4) is 0 Å².